The lowest BCUT2D eigenvalue weighted by atomic mass is 10.1. The molecular formula is C16H17FN2O. The van der Waals surface area contributed by atoms with Gasteiger partial charge in [0.1, 0.15) is 5.82 Å². The summed E-state index contributed by atoms with van der Waals surface area (Å²) < 4.78 is 12.8. The molecule has 20 heavy (non-hydrogen) atoms. The van der Waals surface area contributed by atoms with E-state index in [1.165, 1.54) is 12.1 Å². The number of aryl methyl sites for hydroxylation is 2. The quantitative estimate of drug-likeness (QED) is 0.877. The van der Waals surface area contributed by atoms with E-state index in [2.05, 4.69) is 10.6 Å². The number of carbonyl (C=O) groups is 1. The molecule has 4 heteroatoms. The van der Waals surface area contributed by atoms with E-state index < -0.39 is 0 Å². The second-order valence-electron chi connectivity index (χ2n) is 4.70. The van der Waals surface area contributed by atoms with E-state index in [4.69, 9.17) is 0 Å². The summed E-state index contributed by atoms with van der Waals surface area (Å²) in [7, 11) is 0. The fourth-order valence-corrected chi connectivity index (χ4v) is 1.95. The molecule has 2 aromatic carbocycles. The molecule has 0 saturated heterocycles. The third kappa shape index (κ3) is 3.57. The zero-order chi connectivity index (χ0) is 14.5. The fourth-order valence-electron chi connectivity index (χ4n) is 1.95. The van der Waals surface area contributed by atoms with Crippen LogP contribution in [-0.4, -0.2) is 6.03 Å². The molecule has 0 heterocycles. The van der Waals surface area contributed by atoms with Crippen LogP contribution in [0.5, 0.6) is 0 Å². The monoisotopic (exact) mass is 272 g/mol. The minimum atomic E-state index is -0.284. The minimum absolute atomic E-state index is 0.272. The number of hydrogen-bond donors (Lipinski definition) is 2. The molecule has 0 fully saturated rings. The first kappa shape index (κ1) is 14.1. The lowest BCUT2D eigenvalue weighted by Gasteiger charge is -2.12. The molecule has 104 valence electrons. The van der Waals surface area contributed by atoms with Crippen molar-refractivity contribution in [3.05, 3.63) is 65.0 Å². The van der Waals surface area contributed by atoms with Crippen LogP contribution in [0.4, 0.5) is 14.9 Å². The number of anilines is 1. The van der Waals surface area contributed by atoms with Gasteiger partial charge in [-0.25, -0.2) is 9.18 Å². The van der Waals surface area contributed by atoms with Crippen LogP contribution < -0.4 is 10.6 Å². The smallest absolute Gasteiger partial charge is 0.319 e. The normalized spacial score (nSPS) is 10.2. The third-order valence-corrected chi connectivity index (χ3v) is 3.09. The van der Waals surface area contributed by atoms with Crippen LogP contribution in [0.1, 0.15) is 16.7 Å². The van der Waals surface area contributed by atoms with Gasteiger partial charge < -0.3 is 10.6 Å². The number of nitrogens with one attached hydrogen (secondary N) is 2. The summed E-state index contributed by atoms with van der Waals surface area (Å²) in [6.45, 7) is 4.25. The second-order valence-corrected chi connectivity index (χ2v) is 4.70. The molecule has 2 N–H and O–H groups in total. The standard InChI is InChI=1S/C16H17FN2O/c1-11-4-3-5-12(2)15(11)19-16(20)18-10-13-6-8-14(17)9-7-13/h3-9H,10H2,1-2H3,(H2,18,19,20). The van der Waals surface area contributed by atoms with E-state index in [0.29, 0.717) is 6.54 Å². The van der Waals surface area contributed by atoms with Crippen molar-refractivity contribution in [2.24, 2.45) is 0 Å². The number of hydrogen-bond acceptors (Lipinski definition) is 1. The maximum absolute atomic E-state index is 12.8. The van der Waals surface area contributed by atoms with Gasteiger partial charge in [-0.2, -0.15) is 0 Å². The van der Waals surface area contributed by atoms with Gasteiger partial charge >= 0.3 is 6.03 Å². The van der Waals surface area contributed by atoms with Gasteiger partial charge in [0.15, 0.2) is 0 Å². The first-order chi connectivity index (χ1) is 9.56. The maximum Gasteiger partial charge on any atom is 0.319 e. The number of amides is 2. The second kappa shape index (κ2) is 6.19. The van der Waals surface area contributed by atoms with Crippen molar-refractivity contribution in [3.8, 4) is 0 Å². The Bertz CT molecular complexity index is 588. The summed E-state index contributed by atoms with van der Waals surface area (Å²) in [5, 5.41) is 5.58. The van der Waals surface area contributed by atoms with E-state index in [0.717, 1.165) is 22.4 Å². The fraction of sp³-hybridized carbons (Fsp3) is 0.188. The van der Waals surface area contributed by atoms with E-state index in [-0.39, 0.29) is 11.8 Å². The van der Waals surface area contributed by atoms with Crippen molar-refractivity contribution in [2.75, 3.05) is 5.32 Å². The highest BCUT2D eigenvalue weighted by Gasteiger charge is 2.06. The predicted octanol–water partition coefficient (Wildman–Crippen LogP) is 3.76. The average Bonchev–Trinajstić information content (AvgIpc) is 2.42. The summed E-state index contributed by atoms with van der Waals surface area (Å²) >= 11 is 0. The Hall–Kier alpha value is -2.36. The van der Waals surface area contributed by atoms with Crippen LogP contribution >= 0.6 is 0 Å². The van der Waals surface area contributed by atoms with Crippen LogP contribution in [0.3, 0.4) is 0 Å². The van der Waals surface area contributed by atoms with Gasteiger partial charge in [0, 0.05) is 12.2 Å². The van der Waals surface area contributed by atoms with Crippen LogP contribution in [0.15, 0.2) is 42.5 Å². The Kier molecular flexibility index (Phi) is 4.35. The molecule has 0 saturated carbocycles. The molecule has 3 nitrogen and oxygen atoms in total. The van der Waals surface area contributed by atoms with Gasteiger partial charge in [-0.15, -0.1) is 0 Å². The number of benzene rings is 2. The Labute approximate surface area is 117 Å². The topological polar surface area (TPSA) is 41.1 Å². The number of carbonyl (C=O) groups excluding carboxylic acids is 1. The highest BCUT2D eigenvalue weighted by Crippen LogP contribution is 2.19. The highest BCUT2D eigenvalue weighted by molar-refractivity contribution is 5.90. The summed E-state index contributed by atoms with van der Waals surface area (Å²) in [5.41, 5.74) is 3.70. The molecule has 0 aliphatic rings. The molecule has 0 spiro atoms. The molecule has 0 bridgehead atoms. The van der Waals surface area contributed by atoms with Crippen molar-refractivity contribution in [1.82, 2.24) is 5.32 Å². The molecule has 0 unspecified atom stereocenters. The number of para-hydroxylation sites is 1. The molecule has 2 amide bonds. The van der Waals surface area contributed by atoms with Gasteiger partial charge in [-0.3, -0.25) is 0 Å². The van der Waals surface area contributed by atoms with E-state index in [9.17, 15) is 9.18 Å². The summed E-state index contributed by atoms with van der Waals surface area (Å²) in [6, 6.07) is 11.6. The molecule has 0 atom stereocenters. The number of rotatable bonds is 3. The van der Waals surface area contributed by atoms with Gasteiger partial charge in [-0.1, -0.05) is 30.3 Å². The van der Waals surface area contributed by atoms with Crippen LogP contribution in [0, 0.1) is 19.7 Å². The van der Waals surface area contributed by atoms with E-state index >= 15 is 0 Å². The maximum atomic E-state index is 12.8. The van der Waals surface area contributed by atoms with E-state index in [1.54, 1.807) is 12.1 Å². The largest absolute Gasteiger partial charge is 0.334 e. The van der Waals surface area contributed by atoms with Crippen molar-refractivity contribution < 1.29 is 9.18 Å². The van der Waals surface area contributed by atoms with Crippen LogP contribution in [0.25, 0.3) is 0 Å². The Balaban J connectivity index is 1.94. The zero-order valence-electron chi connectivity index (χ0n) is 11.5. The summed E-state index contributed by atoms with van der Waals surface area (Å²) in [6.07, 6.45) is 0. The van der Waals surface area contributed by atoms with Crippen LogP contribution in [0.2, 0.25) is 0 Å². The number of halogens is 1. The van der Waals surface area contributed by atoms with E-state index in [1.807, 2.05) is 32.0 Å². The number of urea groups is 1. The Morgan fingerprint density at radius 1 is 1.05 bits per heavy atom. The zero-order valence-corrected chi connectivity index (χ0v) is 11.5. The lowest BCUT2D eigenvalue weighted by molar-refractivity contribution is 0.251. The molecule has 0 aliphatic heterocycles. The first-order valence-electron chi connectivity index (χ1n) is 6.42. The molecule has 0 aliphatic carbocycles. The lowest BCUT2D eigenvalue weighted by Crippen LogP contribution is -2.28. The van der Waals surface area contributed by atoms with Gasteiger partial charge in [-0.05, 0) is 42.7 Å². The van der Waals surface area contributed by atoms with Crippen molar-refractivity contribution in [3.63, 3.8) is 0 Å². The average molecular weight is 272 g/mol. The molecule has 2 aromatic rings. The molecule has 0 aromatic heterocycles. The van der Waals surface area contributed by atoms with Crippen molar-refractivity contribution in [2.45, 2.75) is 20.4 Å². The van der Waals surface area contributed by atoms with Crippen LogP contribution in [-0.2, 0) is 6.54 Å². The summed E-state index contributed by atoms with van der Waals surface area (Å²) in [5.74, 6) is -0.284. The van der Waals surface area contributed by atoms with Crippen molar-refractivity contribution >= 4 is 11.7 Å². The van der Waals surface area contributed by atoms with Crippen molar-refractivity contribution in [1.29, 1.82) is 0 Å². The Morgan fingerprint density at radius 2 is 1.65 bits per heavy atom. The minimum Gasteiger partial charge on any atom is -0.334 e. The SMILES string of the molecule is Cc1cccc(C)c1NC(=O)NCc1ccc(F)cc1. The molecule has 2 rings (SSSR count). The Morgan fingerprint density at radius 3 is 2.25 bits per heavy atom. The highest BCUT2D eigenvalue weighted by atomic mass is 19.1. The van der Waals surface area contributed by atoms with Gasteiger partial charge in [0.2, 0.25) is 0 Å². The molecular weight excluding hydrogens is 255 g/mol. The first-order valence-corrected chi connectivity index (χ1v) is 6.42. The van der Waals surface area contributed by atoms with Gasteiger partial charge in [0.05, 0.1) is 0 Å². The third-order valence-electron chi connectivity index (χ3n) is 3.09. The predicted molar refractivity (Wildman–Crippen MR) is 78.2 cm³/mol. The summed E-state index contributed by atoms with van der Waals surface area (Å²) in [4.78, 5) is 11.9. The molecule has 0 radical (unpaired) electrons. The van der Waals surface area contributed by atoms with Gasteiger partial charge in [0.25, 0.3) is 0 Å².